The van der Waals surface area contributed by atoms with Gasteiger partial charge >= 0.3 is 5.97 Å². The fourth-order valence-electron chi connectivity index (χ4n) is 6.00. The number of aryl methyl sites for hydroxylation is 1. The average molecular weight is 488 g/mol. The maximum atomic E-state index is 13.6. The van der Waals surface area contributed by atoms with Gasteiger partial charge in [0.25, 0.3) is 0 Å². The molecule has 3 aliphatic rings. The minimum atomic E-state index is -0.924. The number of rotatable bonds is 8. The van der Waals surface area contributed by atoms with Crippen molar-refractivity contribution in [2.24, 2.45) is 11.3 Å². The van der Waals surface area contributed by atoms with Crippen LogP contribution in [0.25, 0.3) is 0 Å². The molecule has 0 saturated carbocycles. The zero-order chi connectivity index (χ0) is 24.3. The van der Waals surface area contributed by atoms with Gasteiger partial charge < -0.3 is 10.4 Å². The minimum Gasteiger partial charge on any atom is -0.481 e. The predicted octanol–water partition coefficient (Wildman–Crippen LogP) is 4.25. The first kappa shape index (κ1) is 25.2. The van der Waals surface area contributed by atoms with E-state index in [1.807, 2.05) is 32.0 Å². The summed E-state index contributed by atoms with van der Waals surface area (Å²) in [7, 11) is 0. The molecule has 1 aromatic carbocycles. The molecule has 2 aliphatic heterocycles. The van der Waals surface area contributed by atoms with Crippen LogP contribution >= 0.6 is 11.6 Å². The number of carbonyl (C=O) groups excluding carboxylic acids is 1. The third-order valence-corrected chi connectivity index (χ3v) is 8.47. The van der Waals surface area contributed by atoms with Crippen LogP contribution in [0.1, 0.15) is 56.6 Å². The molecule has 34 heavy (non-hydrogen) atoms. The number of carboxylic acids is 1. The lowest BCUT2D eigenvalue weighted by Gasteiger charge is -2.36. The molecule has 2 saturated heterocycles. The molecule has 0 spiro atoms. The summed E-state index contributed by atoms with van der Waals surface area (Å²) in [6.45, 7) is 8.79. The molecule has 7 heteroatoms. The van der Waals surface area contributed by atoms with Gasteiger partial charge in [-0.2, -0.15) is 0 Å². The number of piperidine rings is 1. The number of hydrogen-bond donors (Lipinski definition) is 2. The molecule has 1 amide bonds. The van der Waals surface area contributed by atoms with Gasteiger partial charge in [-0.1, -0.05) is 42.3 Å². The Morgan fingerprint density at radius 3 is 2.62 bits per heavy atom. The number of allylic oxidation sites excluding steroid dienone is 1. The molecule has 0 radical (unpaired) electrons. The van der Waals surface area contributed by atoms with Crippen molar-refractivity contribution in [2.45, 2.75) is 65.0 Å². The first-order valence-corrected chi connectivity index (χ1v) is 13.0. The van der Waals surface area contributed by atoms with E-state index in [9.17, 15) is 14.7 Å². The van der Waals surface area contributed by atoms with Gasteiger partial charge in [0.05, 0.1) is 11.8 Å². The Balaban J connectivity index is 1.39. The van der Waals surface area contributed by atoms with E-state index in [0.717, 1.165) is 43.6 Å². The van der Waals surface area contributed by atoms with E-state index in [1.54, 1.807) is 5.57 Å². The summed E-state index contributed by atoms with van der Waals surface area (Å²) in [6.07, 6.45) is 7.76. The number of amides is 1. The predicted molar refractivity (Wildman–Crippen MR) is 135 cm³/mol. The fourth-order valence-corrected chi connectivity index (χ4v) is 6.28. The van der Waals surface area contributed by atoms with E-state index in [0.29, 0.717) is 24.7 Å². The Morgan fingerprint density at radius 2 is 1.97 bits per heavy atom. The number of nitrogens with one attached hydrogen (secondary N) is 1. The van der Waals surface area contributed by atoms with Gasteiger partial charge in [-0.3, -0.25) is 19.4 Å². The molecule has 6 nitrogen and oxygen atoms in total. The van der Waals surface area contributed by atoms with Crippen LogP contribution in [-0.4, -0.2) is 65.5 Å². The molecule has 186 valence electrons. The van der Waals surface area contributed by atoms with E-state index in [1.165, 1.54) is 19.3 Å². The van der Waals surface area contributed by atoms with Crippen LogP contribution in [0.4, 0.5) is 0 Å². The number of aliphatic carboxylic acids is 1. The highest BCUT2D eigenvalue weighted by atomic mass is 35.5. The topological polar surface area (TPSA) is 72.9 Å². The quantitative estimate of drug-likeness (QED) is 0.536. The van der Waals surface area contributed by atoms with Gasteiger partial charge in [0.1, 0.15) is 0 Å². The van der Waals surface area contributed by atoms with Crippen LogP contribution in [0.2, 0.25) is 5.02 Å². The van der Waals surface area contributed by atoms with Crippen molar-refractivity contribution in [2.75, 3.05) is 32.7 Å². The van der Waals surface area contributed by atoms with Crippen LogP contribution in [0.3, 0.4) is 0 Å². The van der Waals surface area contributed by atoms with Crippen molar-refractivity contribution in [1.82, 2.24) is 15.1 Å². The van der Waals surface area contributed by atoms with E-state index in [2.05, 4.69) is 21.2 Å². The molecular formula is C27H38ClN3O3. The normalized spacial score (nSPS) is 26.6. The van der Waals surface area contributed by atoms with Crippen LogP contribution in [-0.2, 0) is 16.1 Å². The number of carbonyl (C=O) groups is 2. The number of carboxylic acid groups (broad SMARTS) is 1. The molecule has 1 aliphatic carbocycles. The molecule has 2 fully saturated rings. The first-order valence-electron chi connectivity index (χ1n) is 12.7. The second-order valence-corrected chi connectivity index (χ2v) is 11.0. The molecule has 2 N–H and O–H groups in total. The van der Waals surface area contributed by atoms with Crippen LogP contribution in [0, 0.1) is 18.3 Å². The standard InChI is InChI=1S/C27H38ClN3O3/c1-19-6-5-9-24(28)23(19)17-31-15-20(2)27(18-31,14-25(32)33)26(34)29-22-10-12-30(13-11-22)16-21-7-3-4-8-21/h5-7,9,20,22H,3-4,8,10-18H2,1-2H3,(H,29,34)(H,32,33). The van der Waals surface area contributed by atoms with Gasteiger partial charge in [0.2, 0.25) is 5.91 Å². The van der Waals surface area contributed by atoms with Crippen molar-refractivity contribution in [1.29, 1.82) is 0 Å². The van der Waals surface area contributed by atoms with Gasteiger partial charge in [-0.05, 0) is 62.1 Å². The molecule has 1 aromatic rings. The first-order chi connectivity index (χ1) is 16.3. The largest absolute Gasteiger partial charge is 0.481 e. The number of hydrogen-bond acceptors (Lipinski definition) is 4. The number of benzene rings is 1. The Hall–Kier alpha value is -1.89. The van der Waals surface area contributed by atoms with Crippen molar-refractivity contribution >= 4 is 23.5 Å². The zero-order valence-electron chi connectivity index (χ0n) is 20.5. The Kier molecular flexibility index (Phi) is 8.01. The summed E-state index contributed by atoms with van der Waals surface area (Å²) in [5, 5.41) is 13.7. The van der Waals surface area contributed by atoms with E-state index in [-0.39, 0.29) is 24.3 Å². The third-order valence-electron chi connectivity index (χ3n) is 8.12. The van der Waals surface area contributed by atoms with Crippen LogP contribution in [0.15, 0.2) is 29.8 Å². The smallest absolute Gasteiger partial charge is 0.304 e. The fraction of sp³-hybridized carbons (Fsp3) is 0.630. The van der Waals surface area contributed by atoms with Crippen LogP contribution < -0.4 is 5.32 Å². The summed E-state index contributed by atoms with van der Waals surface area (Å²) < 4.78 is 0. The molecule has 0 aromatic heterocycles. The lowest BCUT2D eigenvalue weighted by molar-refractivity contribution is -0.147. The highest BCUT2D eigenvalue weighted by molar-refractivity contribution is 6.31. The summed E-state index contributed by atoms with van der Waals surface area (Å²) in [5.41, 5.74) is 2.79. The van der Waals surface area contributed by atoms with Gasteiger partial charge in [0.15, 0.2) is 0 Å². The number of nitrogens with zero attached hydrogens (tertiary/aromatic N) is 2. The minimum absolute atomic E-state index is 0.0548. The molecule has 0 bridgehead atoms. The van der Waals surface area contributed by atoms with Gasteiger partial charge in [-0.25, -0.2) is 0 Å². The molecular weight excluding hydrogens is 450 g/mol. The summed E-state index contributed by atoms with van der Waals surface area (Å²) in [4.78, 5) is 30.2. The molecule has 2 unspecified atom stereocenters. The highest BCUT2D eigenvalue weighted by Gasteiger charge is 2.51. The second-order valence-electron chi connectivity index (χ2n) is 10.6. The average Bonchev–Trinajstić information content (AvgIpc) is 3.40. The van der Waals surface area contributed by atoms with Crippen molar-refractivity contribution in [3.8, 4) is 0 Å². The third kappa shape index (κ3) is 5.67. The lowest BCUT2D eigenvalue weighted by Crippen LogP contribution is -2.53. The monoisotopic (exact) mass is 487 g/mol. The lowest BCUT2D eigenvalue weighted by atomic mass is 9.75. The molecule has 4 rings (SSSR count). The van der Waals surface area contributed by atoms with Crippen molar-refractivity contribution < 1.29 is 14.7 Å². The SMILES string of the molecule is Cc1cccc(Cl)c1CN1CC(C)C(CC(=O)O)(C(=O)NC2CCN(CC3=CCCC3)CC2)C1. The van der Waals surface area contributed by atoms with Crippen LogP contribution in [0.5, 0.6) is 0 Å². The van der Waals surface area contributed by atoms with E-state index < -0.39 is 11.4 Å². The Morgan fingerprint density at radius 1 is 1.21 bits per heavy atom. The summed E-state index contributed by atoms with van der Waals surface area (Å²) in [6, 6.07) is 5.97. The van der Waals surface area contributed by atoms with Crippen molar-refractivity contribution in [3.63, 3.8) is 0 Å². The molecule has 2 heterocycles. The van der Waals surface area contributed by atoms with Gasteiger partial charge in [0, 0.05) is 50.3 Å². The number of likely N-dealkylation sites (tertiary alicyclic amines) is 2. The van der Waals surface area contributed by atoms with E-state index in [4.69, 9.17) is 11.6 Å². The maximum absolute atomic E-state index is 13.6. The Labute approximate surface area is 208 Å². The molecule has 2 atom stereocenters. The Bertz CT molecular complexity index is 921. The van der Waals surface area contributed by atoms with E-state index >= 15 is 0 Å². The highest BCUT2D eigenvalue weighted by Crippen LogP contribution is 2.41. The van der Waals surface area contributed by atoms with Gasteiger partial charge in [-0.15, -0.1) is 0 Å². The number of halogens is 1. The van der Waals surface area contributed by atoms with Crippen molar-refractivity contribution in [3.05, 3.63) is 46.0 Å². The maximum Gasteiger partial charge on any atom is 0.304 e. The summed E-state index contributed by atoms with van der Waals surface area (Å²) in [5.74, 6) is -1.07. The zero-order valence-corrected chi connectivity index (χ0v) is 21.2. The summed E-state index contributed by atoms with van der Waals surface area (Å²) >= 11 is 6.45. The second kappa shape index (κ2) is 10.8.